The molecule has 65 heavy (non-hydrogen) atoms. The quantitative estimate of drug-likeness (QED) is 0.177. The minimum atomic E-state index is -0.933. The topological polar surface area (TPSA) is 193 Å². The summed E-state index contributed by atoms with van der Waals surface area (Å²) in [5, 5.41) is 27.9. The number of carboxylic acids is 1. The molecule has 1 amide bonds. The predicted octanol–water partition coefficient (Wildman–Crippen LogP) is 4.32. The number of carbonyl (C=O) groups is 2. The standard InChI is InChI=1S/C23H24FN5O3.C20H20FN5O.C3H6O3/c1-31-13-22(30)28-9-6-15(7-10-28)18-12-25-21(29-14-26-27-23(18)29)5-2-16-17-8-11-32-20(17)4-3-19(16)24;21-17-2-3-18-15(7-10-27-18)14(17)1-4-19-23-11-16(13-5-8-22-9-6-13)20-25-24-12-26(19)20;1-6-2-3(4)5/h3-4,6,12,14H,2,5,7-11,13H2,1H3;2-3,5,11-12,22H,1,4,6-10H2;2H2,1H3,(H,4,5). The van der Waals surface area contributed by atoms with E-state index in [-0.39, 0.29) is 30.8 Å². The van der Waals surface area contributed by atoms with Crippen molar-refractivity contribution < 1.29 is 42.4 Å². The molecule has 8 heterocycles. The van der Waals surface area contributed by atoms with E-state index in [9.17, 15) is 18.4 Å². The molecule has 0 spiro atoms. The second kappa shape index (κ2) is 20.9. The van der Waals surface area contributed by atoms with Crippen molar-refractivity contribution in [3.8, 4) is 11.5 Å². The van der Waals surface area contributed by atoms with Gasteiger partial charge in [0.1, 0.15) is 60.7 Å². The van der Waals surface area contributed by atoms with Crippen LogP contribution in [0.4, 0.5) is 8.78 Å². The van der Waals surface area contributed by atoms with Gasteiger partial charge in [0, 0.05) is 94.2 Å². The van der Waals surface area contributed by atoms with Crippen LogP contribution in [0, 0.1) is 11.6 Å². The van der Waals surface area contributed by atoms with Crippen molar-refractivity contribution in [2.75, 3.05) is 66.8 Å². The summed E-state index contributed by atoms with van der Waals surface area (Å²) in [5.74, 6) is 1.87. The first-order valence-electron chi connectivity index (χ1n) is 21.5. The van der Waals surface area contributed by atoms with Gasteiger partial charge in [0.25, 0.3) is 0 Å². The van der Waals surface area contributed by atoms with Gasteiger partial charge in [0.15, 0.2) is 11.3 Å². The minimum absolute atomic E-state index is 0.0195. The summed E-state index contributed by atoms with van der Waals surface area (Å²) in [7, 11) is 2.86. The Bertz CT molecular complexity index is 2750. The van der Waals surface area contributed by atoms with Crippen molar-refractivity contribution in [3.63, 3.8) is 0 Å². The van der Waals surface area contributed by atoms with Crippen LogP contribution >= 0.6 is 0 Å². The summed E-state index contributed by atoms with van der Waals surface area (Å²) in [4.78, 5) is 32.6. The second-order valence-corrected chi connectivity index (χ2v) is 15.7. The van der Waals surface area contributed by atoms with Crippen molar-refractivity contribution in [2.45, 2.75) is 51.4 Å². The fourth-order valence-electron chi connectivity index (χ4n) is 8.55. The minimum Gasteiger partial charge on any atom is -0.493 e. The highest BCUT2D eigenvalue weighted by atomic mass is 19.1. The van der Waals surface area contributed by atoms with E-state index in [4.69, 9.17) is 19.3 Å². The Balaban J connectivity index is 0.000000159. The van der Waals surface area contributed by atoms with Gasteiger partial charge in [0.05, 0.1) is 13.2 Å². The van der Waals surface area contributed by atoms with Gasteiger partial charge in [-0.15, -0.1) is 20.4 Å². The Morgan fingerprint density at radius 2 is 1.29 bits per heavy atom. The highest BCUT2D eigenvalue weighted by molar-refractivity contribution is 5.81. The van der Waals surface area contributed by atoms with Gasteiger partial charge in [0.2, 0.25) is 5.91 Å². The van der Waals surface area contributed by atoms with Gasteiger partial charge in [-0.3, -0.25) is 13.6 Å². The van der Waals surface area contributed by atoms with Crippen LogP contribution in [0.25, 0.3) is 22.4 Å². The number of benzene rings is 2. The van der Waals surface area contributed by atoms with Gasteiger partial charge < -0.3 is 34.3 Å². The molecule has 4 aliphatic heterocycles. The number of hydrogen-bond donors (Lipinski definition) is 2. The van der Waals surface area contributed by atoms with Crippen molar-refractivity contribution >= 4 is 34.3 Å². The number of hydrogen-bond acceptors (Lipinski definition) is 13. The fraction of sp³-hybridized carbons (Fsp3) is 0.391. The van der Waals surface area contributed by atoms with E-state index in [0.29, 0.717) is 64.0 Å². The average molecular weight is 893 g/mol. The molecule has 2 N–H and O–H groups in total. The summed E-state index contributed by atoms with van der Waals surface area (Å²) in [6.45, 7) is 4.06. The van der Waals surface area contributed by atoms with Crippen molar-refractivity contribution in [2.24, 2.45) is 0 Å². The maximum atomic E-state index is 14.5. The number of fused-ring (bicyclic) bond motifs is 4. The largest absolute Gasteiger partial charge is 0.493 e. The highest BCUT2D eigenvalue weighted by Gasteiger charge is 2.24. The van der Waals surface area contributed by atoms with Gasteiger partial charge in [-0.1, -0.05) is 12.2 Å². The first-order valence-corrected chi connectivity index (χ1v) is 21.5. The van der Waals surface area contributed by atoms with Gasteiger partial charge >= 0.3 is 5.97 Å². The molecule has 0 radical (unpaired) electrons. The first-order chi connectivity index (χ1) is 31.7. The third kappa shape index (κ3) is 10.2. The van der Waals surface area contributed by atoms with Crippen LogP contribution in [-0.4, -0.2) is 128 Å². The van der Waals surface area contributed by atoms with Gasteiger partial charge in [-0.25, -0.2) is 23.5 Å². The maximum absolute atomic E-state index is 14.5. The second-order valence-electron chi connectivity index (χ2n) is 15.7. The predicted molar refractivity (Wildman–Crippen MR) is 234 cm³/mol. The van der Waals surface area contributed by atoms with Crippen molar-refractivity contribution in [1.29, 1.82) is 0 Å². The number of nitrogens with one attached hydrogen (secondary N) is 1. The monoisotopic (exact) mass is 892 g/mol. The third-order valence-corrected chi connectivity index (χ3v) is 11.8. The summed E-state index contributed by atoms with van der Waals surface area (Å²) < 4.78 is 53.0. The van der Waals surface area contributed by atoms with Crippen LogP contribution in [0.3, 0.4) is 0 Å². The molecule has 4 aromatic heterocycles. The molecule has 0 saturated heterocycles. The number of halogens is 2. The number of methoxy groups -OCH3 is 2. The summed E-state index contributed by atoms with van der Waals surface area (Å²) >= 11 is 0. The molecule has 0 aliphatic carbocycles. The van der Waals surface area contributed by atoms with Crippen LogP contribution in [0.2, 0.25) is 0 Å². The Hall–Kier alpha value is -6.70. The van der Waals surface area contributed by atoms with Crippen LogP contribution in [0.15, 0.2) is 61.5 Å². The van der Waals surface area contributed by atoms with Crippen LogP contribution in [0.5, 0.6) is 11.5 Å². The van der Waals surface area contributed by atoms with E-state index in [0.717, 1.165) is 100 Å². The fourth-order valence-corrected chi connectivity index (χ4v) is 8.55. The smallest absolute Gasteiger partial charge is 0.329 e. The number of amides is 1. The summed E-state index contributed by atoms with van der Waals surface area (Å²) in [5.41, 5.74) is 9.19. The van der Waals surface area contributed by atoms with Gasteiger partial charge in [-0.05, 0) is 78.8 Å². The molecule has 6 aromatic rings. The number of aryl methyl sites for hydroxylation is 2. The zero-order valence-electron chi connectivity index (χ0n) is 36.3. The number of aromatic nitrogens is 8. The Morgan fingerprint density at radius 1 is 0.738 bits per heavy atom. The molecule has 0 fully saturated rings. The maximum Gasteiger partial charge on any atom is 0.329 e. The zero-order valence-corrected chi connectivity index (χ0v) is 36.3. The molecular formula is C46H50F2N10O7. The normalized spacial score (nSPS) is 15.2. The van der Waals surface area contributed by atoms with E-state index >= 15 is 0 Å². The van der Waals surface area contributed by atoms with E-state index in [1.807, 2.05) is 27.3 Å². The Morgan fingerprint density at radius 3 is 1.75 bits per heavy atom. The first kappa shape index (κ1) is 44.9. The molecule has 17 nitrogen and oxygen atoms in total. The molecule has 0 bridgehead atoms. The number of nitrogens with zero attached hydrogens (tertiary/aromatic N) is 9. The van der Waals surface area contributed by atoms with Crippen molar-refractivity contribution in [1.82, 2.24) is 49.4 Å². The lowest BCUT2D eigenvalue weighted by Crippen LogP contribution is -2.36. The number of ether oxygens (including phenoxy) is 4. The average Bonchev–Trinajstić information content (AvgIpc) is 4.17. The van der Waals surface area contributed by atoms with Crippen molar-refractivity contribution in [3.05, 3.63) is 118 Å². The molecule has 0 atom stereocenters. The molecule has 10 rings (SSSR count). The lowest BCUT2D eigenvalue weighted by atomic mass is 9.99. The molecule has 0 unspecified atom stereocenters. The molecule has 0 saturated carbocycles. The van der Waals surface area contributed by atoms with Crippen LogP contribution < -0.4 is 14.8 Å². The summed E-state index contributed by atoms with van der Waals surface area (Å²) in [6, 6.07) is 6.39. The lowest BCUT2D eigenvalue weighted by molar-refractivity contribution is -0.141. The summed E-state index contributed by atoms with van der Waals surface area (Å²) in [6.07, 6.45) is 16.7. The lowest BCUT2D eigenvalue weighted by Gasteiger charge is -2.26. The van der Waals surface area contributed by atoms with E-state index < -0.39 is 5.97 Å². The molecule has 2 aromatic carbocycles. The van der Waals surface area contributed by atoms with Crippen LogP contribution in [0.1, 0.15) is 57.9 Å². The highest BCUT2D eigenvalue weighted by Crippen LogP contribution is 2.33. The third-order valence-electron chi connectivity index (χ3n) is 11.8. The number of aliphatic carboxylic acids is 1. The van der Waals surface area contributed by atoms with Gasteiger partial charge in [-0.2, -0.15) is 0 Å². The van der Waals surface area contributed by atoms with E-state index in [2.05, 4.69) is 46.5 Å². The van der Waals surface area contributed by atoms with E-state index in [1.165, 1.54) is 31.9 Å². The Kier molecular flexibility index (Phi) is 14.4. The number of carboxylic acid groups (broad SMARTS) is 1. The Labute approximate surface area is 373 Å². The number of carbonyl (C=O) groups excluding carboxylic acids is 1. The van der Waals surface area contributed by atoms with E-state index in [1.54, 1.807) is 29.7 Å². The molecule has 4 aliphatic rings. The number of rotatable bonds is 12. The molecule has 19 heteroatoms. The SMILES string of the molecule is COCC(=O)N1CC=C(c2cnc(CCc3c(F)ccc4c3CCO4)n3cnnc23)CC1.COCC(=O)O.Fc1ccc2c(c1CCc1ncc(C3=CCNCC3)c3nncn13)CCO2. The molecule has 340 valence electrons. The zero-order chi connectivity index (χ0) is 45.3. The molecular weight excluding hydrogens is 843 g/mol. The van der Waals surface area contributed by atoms with Crippen LogP contribution in [-0.2, 0) is 57.6 Å².